The van der Waals surface area contributed by atoms with Crippen LogP contribution in [0.3, 0.4) is 0 Å². The summed E-state index contributed by atoms with van der Waals surface area (Å²) in [5.74, 6) is 1.20. The Bertz CT molecular complexity index is 1440. The number of nitrogens with two attached hydrogens (primary N) is 2. The molecular formula is C20H17ClN10O. The second-order valence-corrected chi connectivity index (χ2v) is 7.72. The smallest absolute Gasteiger partial charge is 0.268 e. The maximum Gasteiger partial charge on any atom is 0.268 e. The number of nitrogen functional groups attached to an aromatic ring is 2. The van der Waals surface area contributed by atoms with E-state index >= 15 is 0 Å². The summed E-state index contributed by atoms with van der Waals surface area (Å²) in [4.78, 5) is 28.4. The Morgan fingerprint density at radius 1 is 1.22 bits per heavy atom. The van der Waals surface area contributed by atoms with Gasteiger partial charge < -0.3 is 16.4 Å². The second-order valence-electron chi connectivity index (χ2n) is 7.32. The third-order valence-corrected chi connectivity index (χ3v) is 5.78. The molecule has 0 aliphatic carbocycles. The molecule has 1 aliphatic rings. The zero-order valence-corrected chi connectivity index (χ0v) is 17.4. The van der Waals surface area contributed by atoms with E-state index in [1.54, 1.807) is 30.5 Å². The maximum atomic E-state index is 13.6. The number of rotatable bonds is 3. The number of aromatic nitrogens is 6. The lowest BCUT2D eigenvalue weighted by atomic mass is 10.1. The van der Waals surface area contributed by atoms with E-state index < -0.39 is 0 Å². The van der Waals surface area contributed by atoms with Gasteiger partial charge in [-0.1, -0.05) is 17.7 Å². The van der Waals surface area contributed by atoms with Crippen LogP contribution in [0.2, 0.25) is 5.02 Å². The molecule has 0 bridgehead atoms. The van der Waals surface area contributed by atoms with E-state index in [2.05, 4.69) is 26.2 Å². The fourth-order valence-electron chi connectivity index (χ4n) is 4.12. The number of anilines is 3. The highest BCUT2D eigenvalue weighted by Gasteiger charge is 2.34. The van der Waals surface area contributed by atoms with Gasteiger partial charge in [0.2, 0.25) is 5.95 Å². The molecule has 5 rings (SSSR count). The van der Waals surface area contributed by atoms with Gasteiger partial charge in [0.1, 0.15) is 29.1 Å². The van der Waals surface area contributed by atoms with Gasteiger partial charge in [-0.05, 0) is 25.0 Å². The van der Waals surface area contributed by atoms with Crippen molar-refractivity contribution >= 4 is 40.1 Å². The molecule has 11 nitrogen and oxygen atoms in total. The average molecular weight is 449 g/mol. The number of aromatic amines is 1. The summed E-state index contributed by atoms with van der Waals surface area (Å²) in [6.07, 6.45) is 3.00. The molecule has 3 aromatic heterocycles. The zero-order valence-electron chi connectivity index (χ0n) is 16.7. The Labute approximate surface area is 186 Å². The molecule has 0 saturated carbocycles. The third kappa shape index (κ3) is 3.00. The predicted molar refractivity (Wildman–Crippen MR) is 119 cm³/mol. The molecule has 4 heterocycles. The number of nitrogens with zero attached hydrogens (tertiary/aromatic N) is 7. The molecule has 0 unspecified atom stereocenters. The summed E-state index contributed by atoms with van der Waals surface area (Å²) in [6, 6.07) is 8.49. The van der Waals surface area contributed by atoms with Gasteiger partial charge in [-0.3, -0.25) is 9.89 Å². The topological polar surface area (TPSA) is 168 Å². The van der Waals surface area contributed by atoms with Crippen LogP contribution in [0.15, 0.2) is 35.3 Å². The van der Waals surface area contributed by atoms with Crippen molar-refractivity contribution in [2.45, 2.75) is 18.9 Å². The van der Waals surface area contributed by atoms with Crippen molar-refractivity contribution in [3.8, 4) is 11.9 Å². The van der Waals surface area contributed by atoms with E-state index in [4.69, 9.17) is 28.1 Å². The minimum absolute atomic E-state index is 0.00450. The highest BCUT2D eigenvalue weighted by molar-refractivity contribution is 6.35. The van der Waals surface area contributed by atoms with E-state index in [1.807, 2.05) is 4.90 Å². The van der Waals surface area contributed by atoms with Crippen molar-refractivity contribution in [1.82, 2.24) is 29.7 Å². The van der Waals surface area contributed by atoms with Crippen molar-refractivity contribution in [2.24, 2.45) is 0 Å². The quantitative estimate of drug-likeness (QED) is 0.423. The second kappa shape index (κ2) is 7.51. The summed E-state index contributed by atoms with van der Waals surface area (Å²) >= 11 is 6.34. The van der Waals surface area contributed by atoms with Crippen molar-refractivity contribution in [2.75, 3.05) is 22.9 Å². The Morgan fingerprint density at radius 2 is 2.06 bits per heavy atom. The van der Waals surface area contributed by atoms with Crippen LogP contribution in [0, 0.1) is 11.3 Å². The molecule has 4 aromatic rings. The van der Waals surface area contributed by atoms with Crippen LogP contribution >= 0.6 is 11.6 Å². The van der Waals surface area contributed by atoms with Gasteiger partial charge in [-0.25, -0.2) is 9.55 Å². The SMILES string of the molecule is N#Cc1c(N)nc(N)nc1N1CCC[C@H]1c1nc2cccc(Cl)c2c(=O)n1-c1ccn[nH]1. The molecule has 0 amide bonds. The lowest BCUT2D eigenvalue weighted by Crippen LogP contribution is -2.33. The molecule has 12 heteroatoms. The Morgan fingerprint density at radius 3 is 2.81 bits per heavy atom. The fraction of sp³-hybridized carbons (Fsp3) is 0.200. The first-order valence-corrected chi connectivity index (χ1v) is 10.2. The first-order valence-electron chi connectivity index (χ1n) is 9.80. The van der Waals surface area contributed by atoms with Crippen molar-refractivity contribution in [1.29, 1.82) is 5.26 Å². The number of benzene rings is 1. The molecule has 32 heavy (non-hydrogen) atoms. The molecule has 0 radical (unpaired) electrons. The van der Waals surface area contributed by atoms with E-state index in [9.17, 15) is 10.1 Å². The first-order chi connectivity index (χ1) is 15.5. The minimum atomic E-state index is -0.379. The number of hydrogen-bond donors (Lipinski definition) is 3. The van der Waals surface area contributed by atoms with Crippen LogP contribution in [0.5, 0.6) is 0 Å². The summed E-state index contributed by atoms with van der Waals surface area (Å²) in [6.45, 7) is 0.571. The number of halogens is 1. The van der Waals surface area contributed by atoms with Gasteiger partial charge in [0.05, 0.1) is 28.2 Å². The number of fused-ring (bicyclic) bond motifs is 1. The lowest BCUT2D eigenvalue weighted by molar-refractivity contribution is 0.628. The van der Waals surface area contributed by atoms with Crippen LogP contribution in [0.4, 0.5) is 17.6 Å². The summed E-state index contributed by atoms with van der Waals surface area (Å²) < 4.78 is 1.46. The number of nitrogens with one attached hydrogen (secondary N) is 1. The average Bonchev–Trinajstić information content (AvgIpc) is 3.45. The van der Waals surface area contributed by atoms with Crippen LogP contribution < -0.4 is 21.9 Å². The van der Waals surface area contributed by atoms with Crippen molar-refractivity contribution in [3.05, 3.63) is 57.2 Å². The maximum absolute atomic E-state index is 13.6. The van der Waals surface area contributed by atoms with E-state index in [0.717, 1.165) is 6.42 Å². The highest BCUT2D eigenvalue weighted by atomic mass is 35.5. The number of H-pyrrole nitrogens is 1. The van der Waals surface area contributed by atoms with Crippen molar-refractivity contribution in [3.63, 3.8) is 0 Å². The molecular weight excluding hydrogens is 432 g/mol. The molecule has 1 aromatic carbocycles. The Balaban J connectivity index is 1.78. The molecule has 1 saturated heterocycles. The van der Waals surface area contributed by atoms with Gasteiger partial charge in [-0.15, -0.1) is 0 Å². The molecule has 1 aliphatic heterocycles. The van der Waals surface area contributed by atoms with Crippen LogP contribution in [-0.4, -0.2) is 36.3 Å². The number of nitriles is 1. The predicted octanol–water partition coefficient (Wildman–Crippen LogP) is 1.93. The number of hydrogen-bond acceptors (Lipinski definition) is 9. The molecule has 160 valence electrons. The fourth-order valence-corrected chi connectivity index (χ4v) is 4.37. The van der Waals surface area contributed by atoms with Gasteiger partial charge in [-0.2, -0.15) is 20.3 Å². The molecule has 1 fully saturated rings. The van der Waals surface area contributed by atoms with Gasteiger partial charge in [0.15, 0.2) is 5.82 Å². The minimum Gasteiger partial charge on any atom is -0.382 e. The van der Waals surface area contributed by atoms with Crippen LogP contribution in [0.25, 0.3) is 16.7 Å². The van der Waals surface area contributed by atoms with Gasteiger partial charge in [0, 0.05) is 12.6 Å². The standard InChI is InChI=1S/C20H17ClN10O/c21-11-3-1-4-12-15(11)19(32)31(14-6-7-25-29-14)18(26-12)13-5-2-8-30(13)17-10(9-22)16(23)27-20(24)28-17/h1,3-4,6-7,13H,2,5,8H2,(H,25,29)(H4,23,24,27,28)/t13-/m0/s1. The van der Waals surface area contributed by atoms with Gasteiger partial charge in [0.25, 0.3) is 5.56 Å². The van der Waals surface area contributed by atoms with Crippen LogP contribution in [0.1, 0.15) is 30.3 Å². The van der Waals surface area contributed by atoms with Gasteiger partial charge >= 0.3 is 0 Å². The summed E-state index contributed by atoms with van der Waals surface area (Å²) in [5.41, 5.74) is 12.0. The molecule has 0 spiro atoms. The van der Waals surface area contributed by atoms with E-state index in [0.29, 0.717) is 46.4 Å². The van der Waals surface area contributed by atoms with E-state index in [-0.39, 0.29) is 28.9 Å². The molecule has 5 N–H and O–H groups in total. The summed E-state index contributed by atoms with van der Waals surface area (Å²) in [7, 11) is 0. The zero-order chi connectivity index (χ0) is 22.4. The lowest BCUT2D eigenvalue weighted by Gasteiger charge is -2.28. The monoisotopic (exact) mass is 448 g/mol. The molecule has 1 atom stereocenters. The highest BCUT2D eigenvalue weighted by Crippen LogP contribution is 2.38. The summed E-state index contributed by atoms with van der Waals surface area (Å²) in [5, 5.41) is 17.1. The largest absolute Gasteiger partial charge is 0.382 e. The van der Waals surface area contributed by atoms with Crippen molar-refractivity contribution < 1.29 is 0 Å². The Hall–Kier alpha value is -4.17. The third-order valence-electron chi connectivity index (χ3n) is 5.47. The van der Waals surface area contributed by atoms with Crippen LogP contribution in [-0.2, 0) is 0 Å². The van der Waals surface area contributed by atoms with E-state index in [1.165, 1.54) is 4.57 Å². The Kier molecular flexibility index (Phi) is 4.64. The normalized spacial score (nSPS) is 15.9. The first kappa shape index (κ1) is 19.8.